The number of hydrogen-bond acceptors (Lipinski definition) is 5. The van der Waals surface area contributed by atoms with Gasteiger partial charge in [0.2, 0.25) is 0 Å². The standard InChI is InChI=1S/C12H21BrN4O2S/c1-9(8-20(4)19)15-10-7-14-17(6-5-16(2)3)12(18)11(10)13/h7,9,15H,5-6,8H2,1-4H3. The topological polar surface area (TPSA) is 67.2 Å². The summed E-state index contributed by atoms with van der Waals surface area (Å²) in [7, 11) is 3.01. The summed E-state index contributed by atoms with van der Waals surface area (Å²) in [6.07, 6.45) is 3.28. The predicted molar refractivity (Wildman–Crippen MR) is 86.8 cm³/mol. The van der Waals surface area contributed by atoms with Crippen LogP contribution in [0.1, 0.15) is 6.92 Å². The quantitative estimate of drug-likeness (QED) is 0.772. The van der Waals surface area contributed by atoms with Gasteiger partial charge in [0.25, 0.3) is 5.56 Å². The highest BCUT2D eigenvalue weighted by Gasteiger charge is 2.12. The second kappa shape index (κ2) is 7.90. The van der Waals surface area contributed by atoms with E-state index in [4.69, 9.17) is 0 Å². The first-order valence-electron chi connectivity index (χ1n) is 6.28. The summed E-state index contributed by atoms with van der Waals surface area (Å²) in [6.45, 7) is 3.21. The molecule has 0 bridgehead atoms. The fourth-order valence-corrected chi connectivity index (χ4v) is 2.89. The molecule has 1 rings (SSSR count). The lowest BCUT2D eigenvalue weighted by Gasteiger charge is -2.16. The summed E-state index contributed by atoms with van der Waals surface area (Å²) in [4.78, 5) is 14.1. The molecule has 20 heavy (non-hydrogen) atoms. The van der Waals surface area contributed by atoms with E-state index >= 15 is 0 Å². The summed E-state index contributed by atoms with van der Waals surface area (Å²) in [5.41, 5.74) is 0.468. The number of likely N-dealkylation sites (N-methyl/N-ethyl adjacent to an activating group) is 1. The first-order chi connectivity index (χ1) is 9.31. The fourth-order valence-electron chi connectivity index (χ4n) is 1.68. The van der Waals surface area contributed by atoms with Gasteiger partial charge in [0, 0.05) is 35.4 Å². The smallest absolute Gasteiger partial charge is 0.283 e. The summed E-state index contributed by atoms with van der Waals surface area (Å²) < 4.78 is 13.1. The summed E-state index contributed by atoms with van der Waals surface area (Å²) in [5.74, 6) is 0.524. The molecule has 2 unspecified atom stereocenters. The van der Waals surface area contributed by atoms with Crippen LogP contribution in [0.15, 0.2) is 15.5 Å². The Bertz CT molecular complexity index is 533. The van der Waals surface area contributed by atoms with Gasteiger partial charge < -0.3 is 10.2 Å². The van der Waals surface area contributed by atoms with Gasteiger partial charge in [-0.15, -0.1) is 0 Å². The zero-order valence-corrected chi connectivity index (χ0v) is 14.6. The number of anilines is 1. The Morgan fingerprint density at radius 3 is 2.75 bits per heavy atom. The number of nitrogens with one attached hydrogen (secondary N) is 1. The highest BCUT2D eigenvalue weighted by atomic mass is 79.9. The maximum atomic E-state index is 12.1. The van der Waals surface area contributed by atoms with E-state index in [2.05, 4.69) is 26.3 Å². The molecule has 6 nitrogen and oxygen atoms in total. The van der Waals surface area contributed by atoms with Crippen molar-refractivity contribution in [2.24, 2.45) is 0 Å². The fraction of sp³-hybridized carbons (Fsp3) is 0.667. The van der Waals surface area contributed by atoms with Crippen molar-refractivity contribution < 1.29 is 4.21 Å². The monoisotopic (exact) mass is 364 g/mol. The van der Waals surface area contributed by atoms with Crippen LogP contribution in [0.25, 0.3) is 0 Å². The molecular formula is C12H21BrN4O2S. The second-order valence-corrected chi connectivity index (χ2v) is 7.26. The summed E-state index contributed by atoms with van der Waals surface area (Å²) in [6, 6.07) is 0.0101. The van der Waals surface area contributed by atoms with Crippen LogP contribution in [0.4, 0.5) is 5.69 Å². The third kappa shape index (κ3) is 5.34. The van der Waals surface area contributed by atoms with E-state index in [1.54, 1.807) is 12.5 Å². The van der Waals surface area contributed by atoms with Crippen LogP contribution < -0.4 is 10.9 Å². The molecule has 114 valence electrons. The Kier molecular flexibility index (Phi) is 6.84. The third-order valence-corrected chi connectivity index (χ3v) is 4.37. The molecule has 0 radical (unpaired) electrons. The molecular weight excluding hydrogens is 344 g/mol. The molecule has 0 saturated carbocycles. The van der Waals surface area contributed by atoms with Crippen molar-refractivity contribution in [3.05, 3.63) is 21.0 Å². The van der Waals surface area contributed by atoms with Crippen molar-refractivity contribution in [2.75, 3.05) is 38.0 Å². The van der Waals surface area contributed by atoms with E-state index < -0.39 is 10.8 Å². The molecule has 2 atom stereocenters. The first kappa shape index (κ1) is 17.3. The molecule has 1 heterocycles. The normalized spacial score (nSPS) is 14.3. The Hall–Kier alpha value is -0.730. The minimum absolute atomic E-state index is 0.0101. The number of aromatic nitrogens is 2. The second-order valence-electron chi connectivity index (χ2n) is 4.99. The Labute approximate surface area is 130 Å². The van der Waals surface area contributed by atoms with Gasteiger partial charge in [0.15, 0.2) is 0 Å². The van der Waals surface area contributed by atoms with E-state index in [9.17, 15) is 9.00 Å². The van der Waals surface area contributed by atoms with Crippen molar-refractivity contribution in [1.82, 2.24) is 14.7 Å². The minimum Gasteiger partial charge on any atom is -0.379 e. The molecule has 0 aliphatic rings. The van der Waals surface area contributed by atoms with Crippen LogP contribution in [0, 0.1) is 0 Å². The maximum absolute atomic E-state index is 12.1. The van der Waals surface area contributed by atoms with Crippen molar-refractivity contribution in [3.8, 4) is 0 Å². The summed E-state index contributed by atoms with van der Waals surface area (Å²) >= 11 is 3.31. The maximum Gasteiger partial charge on any atom is 0.283 e. The molecule has 0 spiro atoms. The number of halogens is 1. The zero-order chi connectivity index (χ0) is 15.3. The highest BCUT2D eigenvalue weighted by Crippen LogP contribution is 2.17. The van der Waals surface area contributed by atoms with Gasteiger partial charge in [-0.25, -0.2) is 4.68 Å². The van der Waals surface area contributed by atoms with Crippen LogP contribution in [0.5, 0.6) is 0 Å². The lowest BCUT2D eigenvalue weighted by molar-refractivity contribution is 0.367. The minimum atomic E-state index is -0.881. The van der Waals surface area contributed by atoms with Gasteiger partial charge in [-0.05, 0) is 36.9 Å². The van der Waals surface area contributed by atoms with Gasteiger partial charge in [0.1, 0.15) is 4.47 Å². The molecule has 0 aliphatic carbocycles. The van der Waals surface area contributed by atoms with E-state index in [1.165, 1.54) is 4.68 Å². The Morgan fingerprint density at radius 1 is 1.55 bits per heavy atom. The molecule has 0 saturated heterocycles. The SMILES string of the molecule is CC(CS(C)=O)Nc1cnn(CCN(C)C)c(=O)c1Br. The predicted octanol–water partition coefficient (Wildman–Crippen LogP) is 0.746. The summed E-state index contributed by atoms with van der Waals surface area (Å²) in [5, 5.41) is 7.30. The van der Waals surface area contributed by atoms with Crippen LogP contribution in [-0.2, 0) is 17.3 Å². The van der Waals surface area contributed by atoms with E-state index in [-0.39, 0.29) is 11.6 Å². The Morgan fingerprint density at radius 2 is 2.20 bits per heavy atom. The molecule has 1 N–H and O–H groups in total. The molecule has 8 heteroatoms. The van der Waals surface area contributed by atoms with Crippen LogP contribution in [0.2, 0.25) is 0 Å². The van der Waals surface area contributed by atoms with Crippen LogP contribution >= 0.6 is 15.9 Å². The van der Waals surface area contributed by atoms with Gasteiger partial charge in [-0.3, -0.25) is 9.00 Å². The van der Waals surface area contributed by atoms with E-state index in [0.717, 1.165) is 6.54 Å². The average molecular weight is 365 g/mol. The van der Waals surface area contributed by atoms with Crippen LogP contribution in [-0.4, -0.2) is 57.6 Å². The lowest BCUT2D eigenvalue weighted by Crippen LogP contribution is -2.30. The highest BCUT2D eigenvalue weighted by molar-refractivity contribution is 9.10. The average Bonchev–Trinajstić information content (AvgIpc) is 2.33. The Balaban J connectivity index is 2.83. The molecule has 0 fully saturated rings. The van der Waals surface area contributed by atoms with Crippen molar-refractivity contribution >= 4 is 32.4 Å². The molecule has 0 aromatic carbocycles. The number of rotatable bonds is 7. The molecule has 0 aliphatic heterocycles. The molecule has 1 aromatic rings. The largest absolute Gasteiger partial charge is 0.379 e. The van der Waals surface area contributed by atoms with Crippen molar-refractivity contribution in [3.63, 3.8) is 0 Å². The van der Waals surface area contributed by atoms with Gasteiger partial charge >= 0.3 is 0 Å². The van der Waals surface area contributed by atoms with E-state index in [1.807, 2.05) is 25.9 Å². The third-order valence-electron chi connectivity index (χ3n) is 2.63. The number of hydrogen-bond donors (Lipinski definition) is 1. The van der Waals surface area contributed by atoms with Gasteiger partial charge in [0.05, 0.1) is 18.4 Å². The van der Waals surface area contributed by atoms with Gasteiger partial charge in [-0.2, -0.15) is 5.10 Å². The van der Waals surface area contributed by atoms with Crippen LogP contribution in [0.3, 0.4) is 0 Å². The van der Waals surface area contributed by atoms with Gasteiger partial charge in [-0.1, -0.05) is 0 Å². The number of nitrogens with zero attached hydrogens (tertiary/aromatic N) is 3. The van der Waals surface area contributed by atoms with E-state index in [0.29, 0.717) is 22.5 Å². The van der Waals surface area contributed by atoms with Crippen molar-refractivity contribution in [1.29, 1.82) is 0 Å². The zero-order valence-electron chi connectivity index (χ0n) is 12.2. The lowest BCUT2D eigenvalue weighted by atomic mass is 10.3. The molecule has 1 aromatic heterocycles. The van der Waals surface area contributed by atoms with Crippen molar-refractivity contribution in [2.45, 2.75) is 19.5 Å². The molecule has 0 amide bonds. The first-order valence-corrected chi connectivity index (χ1v) is 8.80.